The van der Waals surface area contributed by atoms with Crippen LogP contribution >= 0.6 is 0 Å². The van der Waals surface area contributed by atoms with Crippen molar-refractivity contribution in [1.29, 1.82) is 0 Å². The number of nitro groups is 1. The molecule has 1 N–H and O–H groups in total. The summed E-state index contributed by atoms with van der Waals surface area (Å²) in [6.07, 6.45) is 1.44. The van der Waals surface area contributed by atoms with E-state index in [2.05, 4.69) is 10.5 Å². The van der Waals surface area contributed by atoms with Crippen molar-refractivity contribution in [1.82, 2.24) is 5.43 Å². The molecule has 23 heavy (non-hydrogen) atoms. The van der Waals surface area contributed by atoms with Crippen LogP contribution in [0.1, 0.15) is 15.9 Å². The van der Waals surface area contributed by atoms with E-state index in [0.717, 1.165) is 0 Å². The summed E-state index contributed by atoms with van der Waals surface area (Å²) in [5, 5.41) is 14.5. The first kappa shape index (κ1) is 14.5. The zero-order chi connectivity index (χ0) is 16.2. The van der Waals surface area contributed by atoms with Crippen LogP contribution in [0.4, 0.5) is 5.69 Å². The summed E-state index contributed by atoms with van der Waals surface area (Å²) < 4.78 is 10.4. The fourth-order valence-electron chi connectivity index (χ4n) is 1.98. The number of fused-ring (bicyclic) bond motifs is 1. The van der Waals surface area contributed by atoms with Crippen LogP contribution in [0.25, 0.3) is 0 Å². The highest BCUT2D eigenvalue weighted by atomic mass is 16.7. The van der Waals surface area contributed by atoms with Gasteiger partial charge < -0.3 is 9.47 Å². The van der Waals surface area contributed by atoms with Gasteiger partial charge in [-0.15, -0.1) is 0 Å². The van der Waals surface area contributed by atoms with Crippen molar-refractivity contribution in [3.63, 3.8) is 0 Å². The number of amides is 1. The van der Waals surface area contributed by atoms with Gasteiger partial charge in [-0.3, -0.25) is 14.9 Å². The third kappa shape index (κ3) is 3.26. The summed E-state index contributed by atoms with van der Waals surface area (Å²) in [5.74, 6) is 0.729. The number of hydrogen-bond acceptors (Lipinski definition) is 6. The van der Waals surface area contributed by atoms with Gasteiger partial charge in [0.15, 0.2) is 11.5 Å². The van der Waals surface area contributed by atoms with Gasteiger partial charge in [0, 0.05) is 17.7 Å². The average molecular weight is 313 g/mol. The summed E-state index contributed by atoms with van der Waals surface area (Å²) in [4.78, 5) is 22.0. The first-order chi connectivity index (χ1) is 11.1. The molecule has 3 rings (SSSR count). The van der Waals surface area contributed by atoms with Crippen LogP contribution in [0, 0.1) is 10.1 Å². The van der Waals surface area contributed by atoms with E-state index in [0.29, 0.717) is 17.1 Å². The third-order valence-corrected chi connectivity index (χ3v) is 3.10. The highest BCUT2D eigenvalue weighted by Gasteiger charge is 2.13. The molecule has 0 aliphatic carbocycles. The summed E-state index contributed by atoms with van der Waals surface area (Å²) in [6.45, 7) is 0.180. The number of rotatable bonds is 4. The number of ether oxygens (including phenoxy) is 2. The molecular weight excluding hydrogens is 302 g/mol. The van der Waals surface area contributed by atoms with Gasteiger partial charge in [0.2, 0.25) is 6.79 Å². The molecule has 0 atom stereocenters. The highest BCUT2D eigenvalue weighted by Crippen LogP contribution is 2.31. The smallest absolute Gasteiger partial charge is 0.271 e. The van der Waals surface area contributed by atoms with Gasteiger partial charge in [0.25, 0.3) is 11.6 Å². The average Bonchev–Trinajstić information content (AvgIpc) is 3.02. The minimum atomic E-state index is -0.563. The molecule has 116 valence electrons. The maximum Gasteiger partial charge on any atom is 0.271 e. The molecule has 2 aromatic carbocycles. The zero-order valence-corrected chi connectivity index (χ0v) is 11.8. The molecule has 0 bridgehead atoms. The number of hydrazone groups is 1. The van der Waals surface area contributed by atoms with Crippen molar-refractivity contribution in [2.75, 3.05) is 6.79 Å². The fraction of sp³-hybridized carbons (Fsp3) is 0.0667. The van der Waals surface area contributed by atoms with Crippen molar-refractivity contribution in [3.8, 4) is 11.5 Å². The molecule has 0 saturated heterocycles. The molecule has 0 radical (unpaired) electrons. The number of hydrogen-bond donors (Lipinski definition) is 1. The lowest BCUT2D eigenvalue weighted by molar-refractivity contribution is -0.384. The topological polar surface area (TPSA) is 103 Å². The monoisotopic (exact) mass is 313 g/mol. The lowest BCUT2D eigenvalue weighted by Gasteiger charge is -2.00. The Hall–Kier alpha value is -3.42. The Balaban J connectivity index is 1.67. The van der Waals surface area contributed by atoms with E-state index >= 15 is 0 Å². The predicted octanol–water partition coefficient (Wildman–Crippen LogP) is 2.09. The molecule has 0 unspecified atom stereocenters. The summed E-state index contributed by atoms with van der Waals surface area (Å²) in [5.41, 5.74) is 3.03. The van der Waals surface area contributed by atoms with Crippen LogP contribution in [0.15, 0.2) is 47.6 Å². The predicted molar refractivity (Wildman–Crippen MR) is 80.7 cm³/mol. The van der Waals surface area contributed by atoms with Gasteiger partial charge in [-0.25, -0.2) is 5.43 Å². The Bertz CT molecular complexity index is 803. The Kier molecular flexibility index (Phi) is 3.88. The van der Waals surface area contributed by atoms with Crippen LogP contribution < -0.4 is 14.9 Å². The quantitative estimate of drug-likeness (QED) is 0.529. The summed E-state index contributed by atoms with van der Waals surface area (Å²) in [7, 11) is 0. The molecule has 0 aromatic heterocycles. The number of nitro benzene ring substituents is 1. The molecule has 1 heterocycles. The van der Waals surface area contributed by atoms with Gasteiger partial charge in [-0.1, -0.05) is 6.07 Å². The van der Waals surface area contributed by atoms with Crippen LogP contribution in [0.5, 0.6) is 11.5 Å². The Morgan fingerprint density at radius 2 is 2.04 bits per heavy atom. The normalized spacial score (nSPS) is 12.3. The Labute approximate surface area is 130 Å². The molecule has 1 amide bonds. The molecule has 8 heteroatoms. The number of carbonyl (C=O) groups excluding carboxylic acids is 1. The second-order valence-electron chi connectivity index (χ2n) is 4.62. The first-order valence-corrected chi connectivity index (χ1v) is 6.61. The van der Waals surface area contributed by atoms with Crippen molar-refractivity contribution in [2.45, 2.75) is 0 Å². The molecule has 1 aliphatic rings. The van der Waals surface area contributed by atoms with Crippen LogP contribution in [0.2, 0.25) is 0 Å². The van der Waals surface area contributed by atoms with Crippen LogP contribution in [-0.2, 0) is 0 Å². The van der Waals surface area contributed by atoms with Crippen molar-refractivity contribution < 1.29 is 19.2 Å². The molecule has 8 nitrogen and oxygen atoms in total. The first-order valence-electron chi connectivity index (χ1n) is 6.61. The maximum atomic E-state index is 11.9. The maximum absolute atomic E-state index is 11.9. The van der Waals surface area contributed by atoms with E-state index in [-0.39, 0.29) is 18.0 Å². The van der Waals surface area contributed by atoms with Gasteiger partial charge in [-0.2, -0.15) is 5.10 Å². The van der Waals surface area contributed by atoms with E-state index in [4.69, 9.17) is 9.47 Å². The summed E-state index contributed by atoms with van der Waals surface area (Å²) >= 11 is 0. The minimum Gasteiger partial charge on any atom is -0.454 e. The van der Waals surface area contributed by atoms with E-state index in [1.165, 1.54) is 30.5 Å². The number of non-ortho nitro benzene ring substituents is 1. The molecule has 0 fully saturated rings. The zero-order valence-electron chi connectivity index (χ0n) is 11.8. The largest absolute Gasteiger partial charge is 0.454 e. The Morgan fingerprint density at radius 1 is 1.22 bits per heavy atom. The van der Waals surface area contributed by atoms with Crippen molar-refractivity contribution >= 4 is 17.8 Å². The third-order valence-electron chi connectivity index (χ3n) is 3.10. The van der Waals surface area contributed by atoms with E-state index in [1.807, 2.05) is 0 Å². The van der Waals surface area contributed by atoms with Gasteiger partial charge in [-0.05, 0) is 29.8 Å². The molecule has 2 aromatic rings. The van der Waals surface area contributed by atoms with Gasteiger partial charge in [0.1, 0.15) is 0 Å². The second-order valence-corrected chi connectivity index (χ2v) is 4.62. The number of carbonyl (C=O) groups is 1. The SMILES string of the molecule is O=C(N/N=C/c1ccc2c(c1)OCO2)c1cccc([N+](=O)[O-])c1. The van der Waals surface area contributed by atoms with Gasteiger partial charge in [0.05, 0.1) is 11.1 Å². The second kappa shape index (κ2) is 6.14. The van der Waals surface area contributed by atoms with E-state index in [1.54, 1.807) is 18.2 Å². The van der Waals surface area contributed by atoms with E-state index < -0.39 is 10.8 Å². The van der Waals surface area contributed by atoms with Crippen LogP contribution in [-0.4, -0.2) is 23.8 Å². The van der Waals surface area contributed by atoms with Gasteiger partial charge >= 0.3 is 0 Å². The lowest BCUT2D eigenvalue weighted by Crippen LogP contribution is -2.17. The fourth-order valence-corrected chi connectivity index (χ4v) is 1.98. The van der Waals surface area contributed by atoms with Crippen LogP contribution in [0.3, 0.4) is 0 Å². The summed E-state index contributed by atoms with van der Waals surface area (Å²) in [6, 6.07) is 10.6. The highest BCUT2D eigenvalue weighted by molar-refractivity contribution is 5.95. The molecule has 0 spiro atoms. The molecular formula is C15H11N3O5. The number of nitrogens with zero attached hydrogens (tertiary/aromatic N) is 2. The minimum absolute atomic E-state index is 0.155. The lowest BCUT2D eigenvalue weighted by atomic mass is 10.2. The molecule has 1 aliphatic heterocycles. The standard InChI is InChI=1S/C15H11N3O5/c19-15(11-2-1-3-12(7-11)18(20)21)17-16-8-10-4-5-13-14(6-10)23-9-22-13/h1-8H,9H2,(H,17,19)/b16-8+. The van der Waals surface area contributed by atoms with E-state index in [9.17, 15) is 14.9 Å². The Morgan fingerprint density at radius 3 is 2.87 bits per heavy atom. The van der Waals surface area contributed by atoms with Crippen molar-refractivity contribution in [2.24, 2.45) is 5.10 Å². The number of nitrogens with one attached hydrogen (secondary N) is 1. The van der Waals surface area contributed by atoms with Crippen molar-refractivity contribution in [3.05, 3.63) is 63.7 Å². The molecule has 0 saturated carbocycles. The number of benzene rings is 2.